The average molecular weight is 262 g/mol. The summed E-state index contributed by atoms with van der Waals surface area (Å²) in [6.45, 7) is 7.25. The molecule has 0 saturated carbocycles. The molecule has 4 nitrogen and oxygen atoms in total. The minimum absolute atomic E-state index is 0.342. The largest absolute Gasteiger partial charge is 0.461 e. The third-order valence-electron chi connectivity index (χ3n) is 2.75. The highest BCUT2D eigenvalue weighted by Gasteiger charge is 2.17. The standard InChI is InChI=1S/C13H18N2O2Si/c1-18(2,3)9-8-17-13(16)12-10-6-4-5-7-11(10)14-15-12/h4-7H,8-9H2,1-3H3,(H,14,15). The third-order valence-corrected chi connectivity index (χ3v) is 4.45. The van der Waals surface area contributed by atoms with E-state index in [2.05, 4.69) is 29.8 Å². The van der Waals surface area contributed by atoms with Crippen LogP contribution in [0.5, 0.6) is 0 Å². The van der Waals surface area contributed by atoms with E-state index in [-0.39, 0.29) is 5.97 Å². The Morgan fingerprint density at radius 2 is 2.06 bits per heavy atom. The normalized spacial score (nSPS) is 11.7. The molecule has 2 aromatic rings. The number of carbonyl (C=O) groups excluding carboxylic acids is 1. The number of hydrogen-bond donors (Lipinski definition) is 1. The van der Waals surface area contributed by atoms with E-state index < -0.39 is 8.07 Å². The molecule has 18 heavy (non-hydrogen) atoms. The second-order valence-corrected chi connectivity index (χ2v) is 11.2. The molecule has 96 valence electrons. The molecule has 0 bridgehead atoms. The van der Waals surface area contributed by atoms with Crippen LogP contribution in [0.15, 0.2) is 24.3 Å². The molecule has 0 amide bonds. The fraction of sp³-hybridized carbons (Fsp3) is 0.385. The number of aromatic amines is 1. The molecule has 0 radical (unpaired) electrons. The van der Waals surface area contributed by atoms with Crippen LogP contribution < -0.4 is 0 Å². The van der Waals surface area contributed by atoms with E-state index in [1.807, 2.05) is 24.3 Å². The van der Waals surface area contributed by atoms with Gasteiger partial charge in [-0.3, -0.25) is 5.10 Å². The molecule has 5 heteroatoms. The Balaban J connectivity index is 2.05. The smallest absolute Gasteiger partial charge is 0.359 e. The monoisotopic (exact) mass is 262 g/mol. The fourth-order valence-corrected chi connectivity index (χ4v) is 2.35. The van der Waals surface area contributed by atoms with E-state index in [0.29, 0.717) is 12.3 Å². The summed E-state index contributed by atoms with van der Waals surface area (Å²) < 4.78 is 5.28. The zero-order chi connectivity index (χ0) is 13.2. The van der Waals surface area contributed by atoms with Crippen LogP contribution in [0, 0.1) is 0 Å². The van der Waals surface area contributed by atoms with Gasteiger partial charge in [-0.1, -0.05) is 37.8 Å². The summed E-state index contributed by atoms with van der Waals surface area (Å²) in [4.78, 5) is 11.9. The number of ether oxygens (including phenoxy) is 1. The third kappa shape index (κ3) is 2.98. The summed E-state index contributed by atoms with van der Waals surface area (Å²) in [5.74, 6) is -0.342. The fourth-order valence-electron chi connectivity index (χ4n) is 1.64. The second kappa shape index (κ2) is 4.94. The maximum Gasteiger partial charge on any atom is 0.359 e. The van der Waals surface area contributed by atoms with Gasteiger partial charge in [0.15, 0.2) is 5.69 Å². The number of nitrogens with one attached hydrogen (secondary N) is 1. The van der Waals surface area contributed by atoms with Gasteiger partial charge in [0.05, 0.1) is 12.1 Å². The number of rotatable bonds is 4. The summed E-state index contributed by atoms with van der Waals surface area (Å²) in [5, 5.41) is 7.67. The molecule has 0 saturated heterocycles. The number of esters is 1. The topological polar surface area (TPSA) is 55.0 Å². The van der Waals surface area contributed by atoms with Crippen molar-refractivity contribution in [2.24, 2.45) is 0 Å². The van der Waals surface area contributed by atoms with Crippen LogP contribution in [-0.2, 0) is 4.74 Å². The van der Waals surface area contributed by atoms with Crippen molar-refractivity contribution in [3.05, 3.63) is 30.0 Å². The van der Waals surface area contributed by atoms with Gasteiger partial charge in [-0.2, -0.15) is 5.10 Å². The van der Waals surface area contributed by atoms with Crippen molar-refractivity contribution in [1.29, 1.82) is 0 Å². The van der Waals surface area contributed by atoms with Crippen LogP contribution in [0.3, 0.4) is 0 Å². The zero-order valence-electron chi connectivity index (χ0n) is 11.0. The van der Waals surface area contributed by atoms with Crippen molar-refractivity contribution >= 4 is 24.9 Å². The molecule has 0 fully saturated rings. The zero-order valence-corrected chi connectivity index (χ0v) is 12.0. The Bertz CT molecular complexity index is 557. The van der Waals surface area contributed by atoms with E-state index in [4.69, 9.17) is 4.74 Å². The predicted octanol–water partition coefficient (Wildman–Crippen LogP) is 3.06. The van der Waals surface area contributed by atoms with E-state index in [1.54, 1.807) is 0 Å². The lowest BCUT2D eigenvalue weighted by molar-refractivity contribution is 0.0520. The van der Waals surface area contributed by atoms with Crippen molar-refractivity contribution in [3.8, 4) is 0 Å². The maximum absolute atomic E-state index is 11.9. The van der Waals surface area contributed by atoms with Crippen molar-refractivity contribution < 1.29 is 9.53 Å². The van der Waals surface area contributed by atoms with E-state index in [0.717, 1.165) is 16.9 Å². The van der Waals surface area contributed by atoms with Gasteiger partial charge in [0, 0.05) is 13.5 Å². The molecule has 0 atom stereocenters. The van der Waals surface area contributed by atoms with Crippen LogP contribution in [0.1, 0.15) is 10.5 Å². The molecule has 0 spiro atoms. The number of H-pyrrole nitrogens is 1. The van der Waals surface area contributed by atoms with Crippen molar-refractivity contribution in [1.82, 2.24) is 10.2 Å². The number of aromatic nitrogens is 2. The predicted molar refractivity (Wildman–Crippen MR) is 74.5 cm³/mol. The highest BCUT2D eigenvalue weighted by atomic mass is 28.3. The van der Waals surface area contributed by atoms with Gasteiger partial charge in [-0.05, 0) is 12.1 Å². The Kier molecular flexibility index (Phi) is 3.52. The van der Waals surface area contributed by atoms with Gasteiger partial charge < -0.3 is 4.74 Å². The van der Waals surface area contributed by atoms with Gasteiger partial charge in [0.1, 0.15) is 0 Å². The van der Waals surface area contributed by atoms with Gasteiger partial charge in [0.25, 0.3) is 0 Å². The van der Waals surface area contributed by atoms with E-state index in [1.165, 1.54) is 0 Å². The van der Waals surface area contributed by atoms with Crippen molar-refractivity contribution in [3.63, 3.8) is 0 Å². The summed E-state index contributed by atoms with van der Waals surface area (Å²) in [7, 11) is -1.17. The first kappa shape index (κ1) is 12.8. The number of benzene rings is 1. The molecule has 0 aliphatic rings. The number of carbonyl (C=O) groups is 1. The molecule has 2 rings (SSSR count). The van der Waals surface area contributed by atoms with Crippen molar-refractivity contribution in [2.75, 3.05) is 6.61 Å². The summed E-state index contributed by atoms with van der Waals surface area (Å²) in [6, 6.07) is 8.52. The van der Waals surface area contributed by atoms with E-state index >= 15 is 0 Å². The summed E-state index contributed by atoms with van der Waals surface area (Å²) in [6.07, 6.45) is 0. The molecule has 1 aromatic carbocycles. The molecule has 1 N–H and O–H groups in total. The van der Waals surface area contributed by atoms with Gasteiger partial charge >= 0.3 is 5.97 Å². The van der Waals surface area contributed by atoms with Crippen LogP contribution in [0.25, 0.3) is 10.9 Å². The maximum atomic E-state index is 11.9. The van der Waals surface area contributed by atoms with Gasteiger partial charge in [-0.25, -0.2) is 4.79 Å². The lowest BCUT2D eigenvalue weighted by Crippen LogP contribution is -2.22. The number of para-hydroxylation sites is 1. The Labute approximate surface area is 107 Å². The Hall–Kier alpha value is -1.62. The number of hydrogen-bond acceptors (Lipinski definition) is 3. The number of nitrogens with zero attached hydrogens (tertiary/aromatic N) is 1. The molecular formula is C13H18N2O2Si. The highest BCUT2D eigenvalue weighted by Crippen LogP contribution is 2.16. The molecule has 1 aromatic heterocycles. The first-order valence-corrected chi connectivity index (χ1v) is 9.78. The minimum atomic E-state index is -1.17. The lowest BCUT2D eigenvalue weighted by atomic mass is 10.2. The first-order valence-electron chi connectivity index (χ1n) is 6.08. The second-order valence-electron chi connectivity index (χ2n) is 5.56. The van der Waals surface area contributed by atoms with Gasteiger partial charge in [0.2, 0.25) is 0 Å². The summed E-state index contributed by atoms with van der Waals surface area (Å²) >= 11 is 0. The lowest BCUT2D eigenvalue weighted by Gasteiger charge is -2.14. The van der Waals surface area contributed by atoms with Crippen LogP contribution >= 0.6 is 0 Å². The number of fused-ring (bicyclic) bond motifs is 1. The van der Waals surface area contributed by atoms with Crippen LogP contribution in [0.2, 0.25) is 25.7 Å². The SMILES string of the molecule is C[Si](C)(C)CCOC(=O)c1n[nH]c2ccccc12. The minimum Gasteiger partial charge on any atom is -0.461 e. The molecule has 0 unspecified atom stereocenters. The van der Waals surface area contributed by atoms with E-state index in [9.17, 15) is 4.79 Å². The summed E-state index contributed by atoms with van der Waals surface area (Å²) in [5.41, 5.74) is 1.23. The first-order chi connectivity index (χ1) is 8.47. The molecule has 0 aliphatic heterocycles. The molecular weight excluding hydrogens is 244 g/mol. The Morgan fingerprint density at radius 1 is 1.33 bits per heavy atom. The quantitative estimate of drug-likeness (QED) is 0.680. The highest BCUT2D eigenvalue weighted by molar-refractivity contribution is 6.76. The van der Waals surface area contributed by atoms with Gasteiger partial charge in [-0.15, -0.1) is 0 Å². The van der Waals surface area contributed by atoms with Crippen molar-refractivity contribution in [2.45, 2.75) is 25.7 Å². The average Bonchev–Trinajstić information content (AvgIpc) is 2.70. The van der Waals surface area contributed by atoms with Crippen LogP contribution in [-0.4, -0.2) is 30.8 Å². The van der Waals surface area contributed by atoms with Crippen LogP contribution in [0.4, 0.5) is 0 Å². The Morgan fingerprint density at radius 3 is 2.78 bits per heavy atom. The molecule has 1 heterocycles. The molecule has 0 aliphatic carbocycles.